The third-order valence-electron chi connectivity index (χ3n) is 6.20. The molecule has 2 heterocycles. The number of fused-ring (bicyclic) bond motifs is 1. The van der Waals surface area contributed by atoms with Gasteiger partial charge in [-0.15, -0.1) is 0 Å². The Bertz CT molecular complexity index is 1190. The van der Waals surface area contributed by atoms with E-state index in [-0.39, 0.29) is 25.5 Å². The number of benzene rings is 2. The van der Waals surface area contributed by atoms with E-state index < -0.39 is 21.9 Å². The Morgan fingerprint density at radius 3 is 2.24 bits per heavy atom. The van der Waals surface area contributed by atoms with Gasteiger partial charge >= 0.3 is 5.97 Å². The fraction of sp³-hybridized carbons (Fsp3) is 0.440. The average Bonchev–Trinajstić information content (AvgIpc) is 2.81. The highest BCUT2D eigenvalue weighted by atomic mass is 32.2. The number of piperidine rings is 1. The van der Waals surface area contributed by atoms with Crippen LogP contribution in [0, 0.1) is 26.7 Å². The Hall–Kier alpha value is -2.91. The summed E-state index contributed by atoms with van der Waals surface area (Å²) in [6.45, 7) is 6.49. The van der Waals surface area contributed by atoms with Crippen LogP contribution >= 0.6 is 0 Å². The van der Waals surface area contributed by atoms with Gasteiger partial charge in [-0.3, -0.25) is 9.59 Å². The molecule has 0 N–H and O–H groups in total. The van der Waals surface area contributed by atoms with Gasteiger partial charge in [-0.05, 0) is 62.9 Å². The first kappa shape index (κ1) is 24.2. The van der Waals surface area contributed by atoms with Gasteiger partial charge in [-0.25, -0.2) is 8.42 Å². The molecule has 0 radical (unpaired) electrons. The molecule has 0 atom stereocenters. The third kappa shape index (κ3) is 4.95. The Morgan fingerprint density at radius 1 is 0.971 bits per heavy atom. The smallest absolute Gasteiger partial charge is 0.309 e. The Morgan fingerprint density at radius 2 is 1.59 bits per heavy atom. The fourth-order valence-corrected chi connectivity index (χ4v) is 6.47. The van der Waals surface area contributed by atoms with E-state index in [1.54, 1.807) is 32.0 Å². The van der Waals surface area contributed by atoms with Crippen LogP contribution in [0.3, 0.4) is 0 Å². The molecular formula is C25H29NO7S. The molecule has 0 aliphatic carbocycles. The number of aryl methyl sites for hydroxylation is 3. The zero-order valence-corrected chi connectivity index (χ0v) is 20.4. The number of ether oxygens (including phenoxy) is 3. The molecule has 182 valence electrons. The number of hydrogen-bond donors (Lipinski definition) is 0. The Labute approximate surface area is 199 Å². The summed E-state index contributed by atoms with van der Waals surface area (Å²) in [7, 11) is -3.65. The number of hydrogen-bond acceptors (Lipinski definition) is 7. The van der Waals surface area contributed by atoms with E-state index in [2.05, 4.69) is 0 Å². The lowest BCUT2D eigenvalue weighted by Gasteiger charge is -2.31. The zero-order valence-electron chi connectivity index (χ0n) is 19.6. The highest BCUT2D eigenvalue weighted by Crippen LogP contribution is 2.31. The van der Waals surface area contributed by atoms with Gasteiger partial charge in [-0.2, -0.15) is 4.31 Å². The first-order valence-electron chi connectivity index (χ1n) is 11.3. The molecule has 0 spiro atoms. The number of esters is 1. The molecule has 2 aromatic carbocycles. The van der Waals surface area contributed by atoms with Crippen LogP contribution < -0.4 is 9.47 Å². The van der Waals surface area contributed by atoms with E-state index in [9.17, 15) is 18.0 Å². The summed E-state index contributed by atoms with van der Waals surface area (Å²) in [5.41, 5.74) is 2.83. The van der Waals surface area contributed by atoms with Gasteiger partial charge in [0.2, 0.25) is 10.0 Å². The molecule has 0 aromatic heterocycles. The largest absolute Gasteiger partial charge is 0.486 e. The Balaban J connectivity index is 1.33. The number of carbonyl (C=O) groups excluding carboxylic acids is 2. The lowest BCUT2D eigenvalue weighted by molar-refractivity contribution is -0.148. The molecule has 1 saturated heterocycles. The van der Waals surface area contributed by atoms with E-state index in [1.165, 1.54) is 4.31 Å². The molecule has 0 unspecified atom stereocenters. The van der Waals surface area contributed by atoms with Crippen molar-refractivity contribution in [3.8, 4) is 11.5 Å². The summed E-state index contributed by atoms with van der Waals surface area (Å²) >= 11 is 0. The van der Waals surface area contributed by atoms with E-state index in [4.69, 9.17) is 14.2 Å². The normalized spacial score (nSPS) is 16.8. The second-order valence-corrected chi connectivity index (χ2v) is 10.7. The lowest BCUT2D eigenvalue weighted by Crippen LogP contribution is -2.41. The van der Waals surface area contributed by atoms with Crippen LogP contribution in [0.25, 0.3) is 0 Å². The number of Topliss-reactive ketones (excluding diaryl/α,β-unsaturated/α-hetero) is 1. The van der Waals surface area contributed by atoms with Gasteiger partial charge in [0.15, 0.2) is 23.9 Å². The monoisotopic (exact) mass is 487 g/mol. The Kier molecular flexibility index (Phi) is 6.95. The molecule has 2 aromatic rings. The van der Waals surface area contributed by atoms with Crippen molar-refractivity contribution in [3.05, 3.63) is 52.6 Å². The molecule has 8 nitrogen and oxygen atoms in total. The number of carbonyl (C=O) groups is 2. The van der Waals surface area contributed by atoms with Crippen LogP contribution in [-0.2, 0) is 19.6 Å². The topological polar surface area (TPSA) is 99.2 Å². The molecule has 0 amide bonds. The van der Waals surface area contributed by atoms with Crippen LogP contribution in [0.2, 0.25) is 0 Å². The van der Waals surface area contributed by atoms with E-state index in [1.807, 2.05) is 19.1 Å². The maximum atomic E-state index is 13.2. The van der Waals surface area contributed by atoms with Gasteiger partial charge in [0.05, 0.1) is 10.8 Å². The molecular weight excluding hydrogens is 458 g/mol. The minimum absolute atomic E-state index is 0.227. The van der Waals surface area contributed by atoms with Crippen molar-refractivity contribution in [1.82, 2.24) is 4.31 Å². The fourth-order valence-electron chi connectivity index (χ4n) is 4.59. The molecule has 1 fully saturated rings. The summed E-state index contributed by atoms with van der Waals surface area (Å²) in [5.74, 6) is -0.186. The molecule has 9 heteroatoms. The summed E-state index contributed by atoms with van der Waals surface area (Å²) < 4.78 is 44.1. The maximum absolute atomic E-state index is 13.2. The number of rotatable bonds is 6. The van der Waals surface area contributed by atoms with E-state index in [0.717, 1.165) is 16.7 Å². The van der Waals surface area contributed by atoms with Gasteiger partial charge < -0.3 is 14.2 Å². The molecule has 2 aliphatic heterocycles. The standard InChI is InChI=1S/C25H29NO7S/c1-16-12-17(2)24(18(3)13-16)34(29,30)26-8-6-19(7-9-26)25(28)33-15-21(27)20-4-5-22-23(14-20)32-11-10-31-22/h4-5,12-14,19H,6-11,15H2,1-3H3. The van der Waals surface area contributed by atoms with Crippen molar-refractivity contribution in [2.75, 3.05) is 32.9 Å². The summed E-state index contributed by atoms with van der Waals surface area (Å²) in [6.07, 6.45) is 0.695. The van der Waals surface area contributed by atoms with E-state index >= 15 is 0 Å². The highest BCUT2D eigenvalue weighted by Gasteiger charge is 2.34. The third-order valence-corrected chi connectivity index (χ3v) is 8.40. The van der Waals surface area contributed by atoms with Crippen LogP contribution in [-0.4, -0.2) is 57.4 Å². The molecule has 0 saturated carbocycles. The average molecular weight is 488 g/mol. The lowest BCUT2D eigenvalue weighted by atomic mass is 9.98. The van der Waals surface area contributed by atoms with E-state index in [0.29, 0.717) is 48.0 Å². The van der Waals surface area contributed by atoms with Crippen LogP contribution in [0.4, 0.5) is 0 Å². The van der Waals surface area contributed by atoms with Gasteiger partial charge in [0, 0.05) is 18.7 Å². The number of sulfonamides is 1. The van der Waals surface area contributed by atoms with Gasteiger partial charge in [0.25, 0.3) is 0 Å². The molecule has 2 aliphatic rings. The number of nitrogens with zero attached hydrogens (tertiary/aromatic N) is 1. The van der Waals surface area contributed by atoms with Crippen LogP contribution in [0.1, 0.15) is 39.9 Å². The van der Waals surface area contributed by atoms with Gasteiger partial charge in [0.1, 0.15) is 13.2 Å². The first-order chi connectivity index (χ1) is 16.2. The second kappa shape index (κ2) is 9.76. The first-order valence-corrected chi connectivity index (χ1v) is 12.8. The van der Waals surface area contributed by atoms with Crippen molar-refractivity contribution in [3.63, 3.8) is 0 Å². The van der Waals surface area contributed by atoms with Crippen molar-refractivity contribution < 1.29 is 32.2 Å². The minimum Gasteiger partial charge on any atom is -0.486 e. The predicted octanol–water partition coefficient (Wildman–Crippen LogP) is 3.21. The van der Waals surface area contributed by atoms with Crippen molar-refractivity contribution in [2.45, 2.75) is 38.5 Å². The maximum Gasteiger partial charge on any atom is 0.309 e. The van der Waals surface area contributed by atoms with Crippen molar-refractivity contribution in [1.29, 1.82) is 0 Å². The summed E-state index contributed by atoms with van der Waals surface area (Å²) in [5, 5.41) is 0. The minimum atomic E-state index is -3.65. The number of ketones is 1. The van der Waals surface area contributed by atoms with Gasteiger partial charge in [-0.1, -0.05) is 17.7 Å². The second-order valence-electron chi connectivity index (χ2n) is 8.80. The van der Waals surface area contributed by atoms with Crippen molar-refractivity contribution >= 4 is 21.8 Å². The highest BCUT2D eigenvalue weighted by molar-refractivity contribution is 7.89. The molecule has 4 rings (SSSR count). The summed E-state index contributed by atoms with van der Waals surface area (Å²) in [6, 6.07) is 8.59. The SMILES string of the molecule is Cc1cc(C)c(S(=O)(=O)N2CCC(C(=O)OCC(=O)c3ccc4c(c3)OCCO4)CC2)c(C)c1. The predicted molar refractivity (Wildman–Crippen MR) is 125 cm³/mol. The van der Waals surface area contributed by atoms with Crippen LogP contribution in [0.15, 0.2) is 35.2 Å². The molecule has 34 heavy (non-hydrogen) atoms. The quantitative estimate of drug-likeness (QED) is 0.456. The van der Waals surface area contributed by atoms with Crippen LogP contribution in [0.5, 0.6) is 11.5 Å². The molecule has 0 bridgehead atoms. The van der Waals surface area contributed by atoms with Crippen molar-refractivity contribution in [2.24, 2.45) is 5.92 Å². The summed E-state index contributed by atoms with van der Waals surface area (Å²) in [4.78, 5) is 25.4. The zero-order chi connectivity index (χ0) is 24.5.